The van der Waals surface area contributed by atoms with Gasteiger partial charge in [0.05, 0.1) is 17.2 Å². The topological polar surface area (TPSA) is 95.0 Å². The van der Waals surface area contributed by atoms with Gasteiger partial charge in [0, 0.05) is 13.0 Å². The van der Waals surface area contributed by atoms with Crippen molar-refractivity contribution in [2.75, 3.05) is 11.5 Å². The minimum Gasteiger partial charge on any atom is -0.264 e. The van der Waals surface area contributed by atoms with E-state index >= 15 is 0 Å². The molecule has 4 rings (SSSR count). The van der Waals surface area contributed by atoms with E-state index in [1.807, 2.05) is 13.1 Å². The lowest BCUT2D eigenvalue weighted by molar-refractivity contribution is 0.601. The highest BCUT2D eigenvalue weighted by molar-refractivity contribution is 7.91. The highest BCUT2D eigenvalue weighted by Gasteiger charge is 2.32. The van der Waals surface area contributed by atoms with E-state index in [2.05, 4.69) is 34.2 Å². The molecule has 0 aromatic carbocycles. The molecule has 0 bridgehead atoms. The average Bonchev–Trinajstić information content (AvgIpc) is 3.21. The molecule has 8 nitrogen and oxygen atoms in total. The van der Waals surface area contributed by atoms with Gasteiger partial charge < -0.3 is 0 Å². The standard InChI is InChI=1S/C15H20N6O2S2/c1-9(2)6-11-7-12(20(3)18-11)13-16-17-15-21(13)19-14(24-15)10-4-5-25(22,23)8-10/h7,9-10H,4-6,8H2,1-3H3/t10-/m0/s1. The zero-order valence-electron chi connectivity index (χ0n) is 14.4. The Labute approximate surface area is 149 Å². The third-order valence-corrected chi connectivity index (χ3v) is 7.19. The molecule has 3 aromatic rings. The molecule has 0 amide bonds. The van der Waals surface area contributed by atoms with Crippen LogP contribution in [-0.4, -0.2) is 49.5 Å². The van der Waals surface area contributed by atoms with Crippen LogP contribution in [-0.2, 0) is 23.3 Å². The number of aryl methyl sites for hydroxylation is 1. The summed E-state index contributed by atoms with van der Waals surface area (Å²) in [6, 6.07) is 2.02. The van der Waals surface area contributed by atoms with Gasteiger partial charge in [-0.1, -0.05) is 25.2 Å². The van der Waals surface area contributed by atoms with E-state index in [9.17, 15) is 8.42 Å². The van der Waals surface area contributed by atoms with Crippen molar-refractivity contribution in [2.45, 2.75) is 32.6 Å². The van der Waals surface area contributed by atoms with Crippen molar-refractivity contribution in [3.8, 4) is 11.5 Å². The molecule has 1 aliphatic rings. The summed E-state index contributed by atoms with van der Waals surface area (Å²) >= 11 is 1.42. The molecule has 1 atom stereocenters. The van der Waals surface area contributed by atoms with Gasteiger partial charge in [0.1, 0.15) is 10.7 Å². The fourth-order valence-corrected chi connectivity index (χ4v) is 6.03. The Kier molecular flexibility index (Phi) is 3.91. The van der Waals surface area contributed by atoms with Gasteiger partial charge >= 0.3 is 0 Å². The molecule has 0 radical (unpaired) electrons. The molecular formula is C15H20N6O2S2. The predicted molar refractivity (Wildman–Crippen MR) is 95.4 cm³/mol. The van der Waals surface area contributed by atoms with E-state index in [0.29, 0.717) is 23.1 Å². The van der Waals surface area contributed by atoms with Crippen LogP contribution in [0, 0.1) is 5.92 Å². The Balaban J connectivity index is 1.71. The molecule has 0 aliphatic carbocycles. The number of hydrogen-bond acceptors (Lipinski definition) is 7. The number of sulfone groups is 1. The lowest BCUT2D eigenvalue weighted by Gasteiger charge is -2.00. The van der Waals surface area contributed by atoms with Gasteiger partial charge in [-0.15, -0.1) is 10.2 Å². The lowest BCUT2D eigenvalue weighted by Crippen LogP contribution is -2.04. The summed E-state index contributed by atoms with van der Waals surface area (Å²) in [5, 5.41) is 18.4. The van der Waals surface area contributed by atoms with Crippen LogP contribution in [0.25, 0.3) is 16.5 Å². The molecular weight excluding hydrogens is 360 g/mol. The first kappa shape index (κ1) is 16.6. The third kappa shape index (κ3) is 3.08. The zero-order chi connectivity index (χ0) is 17.8. The summed E-state index contributed by atoms with van der Waals surface area (Å²) in [5.74, 6) is 1.55. The molecule has 0 spiro atoms. The first-order valence-electron chi connectivity index (χ1n) is 8.28. The molecule has 4 heterocycles. The number of fused-ring (bicyclic) bond motifs is 1. The number of aromatic nitrogens is 6. The molecule has 0 saturated carbocycles. The van der Waals surface area contributed by atoms with Crippen LogP contribution in [0.3, 0.4) is 0 Å². The summed E-state index contributed by atoms with van der Waals surface area (Å²) in [6.07, 6.45) is 1.53. The zero-order valence-corrected chi connectivity index (χ0v) is 16.0. The molecule has 1 saturated heterocycles. The monoisotopic (exact) mass is 380 g/mol. The van der Waals surface area contributed by atoms with Gasteiger partial charge in [-0.2, -0.15) is 14.7 Å². The van der Waals surface area contributed by atoms with Crippen LogP contribution in [0.4, 0.5) is 0 Å². The highest BCUT2D eigenvalue weighted by Crippen LogP contribution is 2.32. The third-order valence-electron chi connectivity index (χ3n) is 4.37. The highest BCUT2D eigenvalue weighted by atomic mass is 32.2. The maximum Gasteiger partial charge on any atom is 0.235 e. The van der Waals surface area contributed by atoms with Crippen molar-refractivity contribution in [1.82, 2.24) is 29.6 Å². The molecule has 0 unspecified atom stereocenters. The molecule has 3 aromatic heterocycles. The Morgan fingerprint density at radius 1 is 1.32 bits per heavy atom. The van der Waals surface area contributed by atoms with Crippen LogP contribution >= 0.6 is 11.3 Å². The number of rotatable bonds is 4. The SMILES string of the molecule is CC(C)Cc1cc(-c2nnc3sc([C@H]4CCS(=O)(=O)C4)nn23)n(C)n1. The van der Waals surface area contributed by atoms with Gasteiger partial charge in [0.2, 0.25) is 10.8 Å². The van der Waals surface area contributed by atoms with E-state index in [-0.39, 0.29) is 17.4 Å². The van der Waals surface area contributed by atoms with E-state index in [4.69, 9.17) is 0 Å². The summed E-state index contributed by atoms with van der Waals surface area (Å²) in [7, 11) is -1.05. The van der Waals surface area contributed by atoms with Gasteiger partial charge in [-0.05, 0) is 24.8 Å². The lowest BCUT2D eigenvalue weighted by atomic mass is 10.1. The minimum absolute atomic E-state index is 0.0346. The second-order valence-electron chi connectivity index (χ2n) is 7.00. The van der Waals surface area contributed by atoms with Crippen LogP contribution in [0.1, 0.15) is 36.9 Å². The van der Waals surface area contributed by atoms with Gasteiger partial charge in [-0.3, -0.25) is 4.68 Å². The summed E-state index contributed by atoms with van der Waals surface area (Å²) in [6.45, 7) is 4.32. The Morgan fingerprint density at radius 2 is 2.12 bits per heavy atom. The molecule has 134 valence electrons. The Bertz CT molecular complexity index is 1030. The molecule has 1 fully saturated rings. The predicted octanol–water partition coefficient (Wildman–Crippen LogP) is 1.69. The number of hydrogen-bond donors (Lipinski definition) is 0. The van der Waals surface area contributed by atoms with Crippen LogP contribution in [0.15, 0.2) is 6.07 Å². The maximum absolute atomic E-state index is 11.7. The van der Waals surface area contributed by atoms with Gasteiger partial charge in [0.15, 0.2) is 9.84 Å². The molecule has 1 aliphatic heterocycles. The molecule has 25 heavy (non-hydrogen) atoms. The minimum atomic E-state index is -2.93. The molecule has 10 heteroatoms. The number of nitrogens with zero attached hydrogens (tertiary/aromatic N) is 6. The van der Waals surface area contributed by atoms with Crippen LogP contribution in [0.5, 0.6) is 0 Å². The van der Waals surface area contributed by atoms with Crippen LogP contribution < -0.4 is 0 Å². The second-order valence-corrected chi connectivity index (χ2v) is 10.2. The maximum atomic E-state index is 11.7. The van der Waals surface area contributed by atoms with Crippen molar-refractivity contribution < 1.29 is 8.42 Å². The molecule has 0 N–H and O–H groups in total. The summed E-state index contributed by atoms with van der Waals surface area (Å²) < 4.78 is 27.0. The van der Waals surface area contributed by atoms with Crippen LogP contribution in [0.2, 0.25) is 0 Å². The summed E-state index contributed by atoms with van der Waals surface area (Å²) in [5.41, 5.74) is 1.88. The first-order valence-corrected chi connectivity index (χ1v) is 10.9. The fourth-order valence-electron chi connectivity index (χ4n) is 3.20. The quantitative estimate of drug-likeness (QED) is 0.683. The second kappa shape index (κ2) is 5.87. The van der Waals surface area contributed by atoms with Crippen molar-refractivity contribution in [3.63, 3.8) is 0 Å². The van der Waals surface area contributed by atoms with E-state index in [1.165, 1.54) is 11.3 Å². The smallest absolute Gasteiger partial charge is 0.235 e. The van der Waals surface area contributed by atoms with Crippen molar-refractivity contribution in [2.24, 2.45) is 13.0 Å². The van der Waals surface area contributed by atoms with Crippen molar-refractivity contribution >= 4 is 26.1 Å². The first-order chi connectivity index (χ1) is 11.8. The Morgan fingerprint density at radius 3 is 2.80 bits per heavy atom. The van der Waals surface area contributed by atoms with Crippen molar-refractivity contribution in [3.05, 3.63) is 16.8 Å². The summed E-state index contributed by atoms with van der Waals surface area (Å²) in [4.78, 5) is 0.681. The largest absolute Gasteiger partial charge is 0.264 e. The van der Waals surface area contributed by atoms with E-state index < -0.39 is 9.84 Å². The van der Waals surface area contributed by atoms with E-state index in [0.717, 1.165) is 22.8 Å². The van der Waals surface area contributed by atoms with Crippen molar-refractivity contribution in [1.29, 1.82) is 0 Å². The van der Waals surface area contributed by atoms with E-state index in [1.54, 1.807) is 9.20 Å². The fraction of sp³-hybridized carbons (Fsp3) is 0.600. The average molecular weight is 380 g/mol. The normalized spacial score (nSPS) is 20.1. The Hall–Kier alpha value is -1.81. The van der Waals surface area contributed by atoms with Gasteiger partial charge in [-0.25, -0.2) is 8.42 Å². The van der Waals surface area contributed by atoms with Gasteiger partial charge in [0.25, 0.3) is 0 Å².